The number of fused-ring (bicyclic) bond motifs is 8. The second-order valence-corrected chi connectivity index (χ2v) is 27.9. The lowest BCUT2D eigenvalue weighted by Gasteiger charge is -2.11. The van der Waals surface area contributed by atoms with Crippen LogP contribution in [0, 0.1) is 0 Å². The van der Waals surface area contributed by atoms with E-state index in [-0.39, 0.29) is 25.7 Å². The second kappa shape index (κ2) is 44.3. The van der Waals surface area contributed by atoms with Crippen molar-refractivity contribution in [3.05, 3.63) is 144 Å². The Morgan fingerprint density at radius 3 is 0.654 bits per heavy atom. The number of aliphatic carboxylic acids is 4. The molecule has 16 nitrogen and oxygen atoms in total. The van der Waals surface area contributed by atoms with Crippen LogP contribution < -0.4 is 18.9 Å². The SMILES string of the molecule is O=C(O)CCCCCCCCCCOc1cccc(-c2c3nc(c(-c4cccc(OCCCCCCCCCCC(=O)O)c4)c4ccc([nH]4)c(-c4cccc(OCCCCCCCCCCC(=O)O)c4)c4nc(c(-c5cccc(OCCCCCCCCCCC(=O)O)c5)c5ccc2[nH]5)C=C4)C=C3)c1. The van der Waals surface area contributed by atoms with E-state index < -0.39 is 23.9 Å². The molecule has 9 rings (SSSR count). The van der Waals surface area contributed by atoms with Crippen LogP contribution in [0.4, 0.5) is 0 Å². The number of nitrogens with one attached hydrogen (secondary N) is 2. The molecular weight excluding hydrogens is 1300 g/mol. The van der Waals surface area contributed by atoms with E-state index >= 15 is 0 Å². The van der Waals surface area contributed by atoms with E-state index in [9.17, 15) is 19.2 Å². The fraction of sp³-hybridized carbons (Fsp3) is 0.455. The Bertz CT molecular complexity index is 3580. The van der Waals surface area contributed by atoms with Crippen molar-refractivity contribution in [1.29, 1.82) is 0 Å². The molecule has 0 fully saturated rings. The van der Waals surface area contributed by atoms with Gasteiger partial charge in [0.1, 0.15) is 23.0 Å². The topological polar surface area (TPSA) is 243 Å². The molecule has 5 heterocycles. The van der Waals surface area contributed by atoms with Crippen molar-refractivity contribution >= 4 is 70.2 Å². The van der Waals surface area contributed by atoms with Gasteiger partial charge >= 0.3 is 23.9 Å². The maximum atomic E-state index is 11.0. The average molecular weight is 1420 g/mol. The van der Waals surface area contributed by atoms with Crippen molar-refractivity contribution in [2.45, 2.75) is 231 Å². The van der Waals surface area contributed by atoms with E-state index in [1.54, 1.807) is 0 Å². The van der Waals surface area contributed by atoms with Gasteiger partial charge in [0.2, 0.25) is 0 Å². The number of benzene rings is 4. The van der Waals surface area contributed by atoms with Gasteiger partial charge < -0.3 is 49.3 Å². The summed E-state index contributed by atoms with van der Waals surface area (Å²) >= 11 is 0. The largest absolute Gasteiger partial charge is 0.494 e. The number of aromatic amines is 2. The highest BCUT2D eigenvalue weighted by Crippen LogP contribution is 2.41. The lowest BCUT2D eigenvalue weighted by molar-refractivity contribution is -0.138. The first-order valence-electron chi connectivity index (χ1n) is 38.9. The number of carbonyl (C=O) groups is 4. The predicted molar refractivity (Wildman–Crippen MR) is 419 cm³/mol. The van der Waals surface area contributed by atoms with Gasteiger partial charge in [-0.25, -0.2) is 9.97 Å². The average Bonchev–Trinajstić information content (AvgIpc) is 1.61. The molecule has 104 heavy (non-hydrogen) atoms. The summed E-state index contributed by atoms with van der Waals surface area (Å²) in [4.78, 5) is 63.0. The van der Waals surface area contributed by atoms with Crippen LogP contribution >= 0.6 is 0 Å². The Labute approximate surface area is 614 Å². The van der Waals surface area contributed by atoms with Crippen molar-refractivity contribution in [2.75, 3.05) is 26.4 Å². The maximum Gasteiger partial charge on any atom is 0.303 e. The van der Waals surface area contributed by atoms with Crippen LogP contribution in [-0.2, 0) is 19.2 Å². The Hall–Kier alpha value is -9.44. The summed E-state index contributed by atoms with van der Waals surface area (Å²) in [6.45, 7) is 2.32. The number of aromatic nitrogens is 4. The molecule has 0 amide bonds. The first-order chi connectivity index (χ1) is 50.9. The molecule has 0 atom stereocenters. The summed E-state index contributed by atoms with van der Waals surface area (Å²) in [7, 11) is 0. The molecule has 0 saturated heterocycles. The van der Waals surface area contributed by atoms with Crippen LogP contribution in [0.1, 0.15) is 254 Å². The number of unbranched alkanes of at least 4 members (excludes halogenated alkanes) is 28. The van der Waals surface area contributed by atoms with Crippen LogP contribution in [-0.4, -0.2) is 90.7 Å². The van der Waals surface area contributed by atoms with Gasteiger partial charge in [-0.05, 0) is 171 Å². The van der Waals surface area contributed by atoms with E-state index in [1.165, 1.54) is 0 Å². The van der Waals surface area contributed by atoms with E-state index in [0.717, 1.165) is 318 Å². The lowest BCUT2D eigenvalue weighted by Crippen LogP contribution is -1.98. The van der Waals surface area contributed by atoms with Crippen LogP contribution in [0.5, 0.6) is 23.0 Å². The van der Waals surface area contributed by atoms with Gasteiger partial charge in [0.15, 0.2) is 0 Å². The molecule has 2 aliphatic heterocycles. The number of hydrogen-bond acceptors (Lipinski definition) is 10. The van der Waals surface area contributed by atoms with Gasteiger partial charge in [0.05, 0.1) is 49.2 Å². The highest BCUT2D eigenvalue weighted by Gasteiger charge is 2.21. The number of carboxylic acids is 4. The lowest BCUT2D eigenvalue weighted by atomic mass is 10.0. The third kappa shape index (κ3) is 26.7. The predicted octanol–water partition coefficient (Wildman–Crippen LogP) is 23.2. The quantitative estimate of drug-likeness (QED) is 0.0194. The first kappa shape index (κ1) is 78.7. The summed E-state index contributed by atoms with van der Waals surface area (Å²) in [6, 6.07) is 41.8. The van der Waals surface area contributed by atoms with Crippen molar-refractivity contribution in [3.8, 4) is 67.5 Å². The molecule has 554 valence electrons. The highest BCUT2D eigenvalue weighted by molar-refractivity contribution is 6.00. The summed E-state index contributed by atoms with van der Waals surface area (Å²) in [5.74, 6) is 0.174. The minimum absolute atomic E-state index is 0.240. The van der Waals surface area contributed by atoms with E-state index in [2.05, 4.69) is 131 Å². The Kier molecular flexibility index (Phi) is 33.5. The zero-order valence-electron chi connectivity index (χ0n) is 61.1. The molecule has 6 N–H and O–H groups in total. The third-order valence-electron chi connectivity index (χ3n) is 19.5. The number of H-pyrrole nitrogens is 2. The maximum absolute atomic E-state index is 11.0. The van der Waals surface area contributed by atoms with Crippen molar-refractivity contribution in [2.24, 2.45) is 0 Å². The molecule has 4 aromatic carbocycles. The number of ether oxygens (including phenoxy) is 4. The van der Waals surface area contributed by atoms with Gasteiger partial charge in [0, 0.05) is 70.0 Å². The Morgan fingerprint density at radius 2 is 0.452 bits per heavy atom. The highest BCUT2D eigenvalue weighted by atomic mass is 16.5. The van der Waals surface area contributed by atoms with Crippen molar-refractivity contribution in [1.82, 2.24) is 19.9 Å². The van der Waals surface area contributed by atoms with Gasteiger partial charge in [0.25, 0.3) is 0 Å². The molecule has 0 radical (unpaired) electrons. The minimum atomic E-state index is -0.725. The fourth-order valence-corrected chi connectivity index (χ4v) is 13.9. The normalized spacial score (nSPS) is 11.7. The van der Waals surface area contributed by atoms with Gasteiger partial charge in [-0.1, -0.05) is 203 Å². The standard InChI is InChI=1S/C88H110N4O12/c93-81(94)45-25-17-9-1-5-13-21-29-57-101-69-41-33-37-65(61-69)85-73-49-51-75(89-73)86(66-38-34-42-70(62-66)102-58-30-22-14-6-2-10-18-26-46-82(95)96)77-53-55-79(91-77)88(68-40-36-44-72(64-68)104-60-32-24-16-8-4-12-20-28-48-84(99)100)80-56-54-78(92-80)87(76-52-50-74(85)90-76)67-39-35-43-71(63-67)103-59-31-23-15-7-3-11-19-27-47-83(97)98/h33-44,49-56,61-64,89,92H,1-32,45-48,57-60H2,(H,93,94)(H,95,96)(H,97,98)(H,99,100). The zero-order valence-corrected chi connectivity index (χ0v) is 61.1. The molecule has 7 aromatic rings. The van der Waals surface area contributed by atoms with Crippen LogP contribution in [0.15, 0.2) is 121 Å². The van der Waals surface area contributed by atoms with Gasteiger partial charge in [-0.2, -0.15) is 0 Å². The second-order valence-electron chi connectivity index (χ2n) is 27.9. The summed E-state index contributed by atoms with van der Waals surface area (Å²) in [5.41, 5.74) is 13.9. The molecule has 8 bridgehead atoms. The minimum Gasteiger partial charge on any atom is -0.494 e. The molecular formula is C88H110N4O12. The van der Waals surface area contributed by atoms with Crippen molar-refractivity contribution in [3.63, 3.8) is 0 Å². The summed E-state index contributed by atoms with van der Waals surface area (Å²) < 4.78 is 26.2. The van der Waals surface area contributed by atoms with Crippen LogP contribution in [0.3, 0.4) is 0 Å². The number of rotatable bonds is 52. The van der Waals surface area contributed by atoms with Gasteiger partial charge in [-0.3, -0.25) is 19.2 Å². The van der Waals surface area contributed by atoms with Crippen LogP contribution in [0.25, 0.3) is 90.9 Å². The Balaban J connectivity index is 1.08. The number of carboxylic acid groups (broad SMARTS) is 4. The van der Waals surface area contributed by atoms with E-state index in [1.807, 2.05) is 24.3 Å². The smallest absolute Gasteiger partial charge is 0.303 e. The fourth-order valence-electron chi connectivity index (χ4n) is 13.9. The monoisotopic (exact) mass is 1410 g/mol. The zero-order chi connectivity index (χ0) is 72.8. The van der Waals surface area contributed by atoms with Crippen molar-refractivity contribution < 1.29 is 58.6 Å². The molecule has 0 spiro atoms. The molecule has 2 aliphatic rings. The first-order valence-corrected chi connectivity index (χ1v) is 38.9. The molecule has 0 saturated carbocycles. The number of hydrogen-bond donors (Lipinski definition) is 6. The molecule has 0 aliphatic carbocycles. The molecule has 16 heteroatoms. The summed E-state index contributed by atoms with van der Waals surface area (Å²) in [6.07, 6.45) is 41.6. The van der Waals surface area contributed by atoms with E-state index in [0.29, 0.717) is 26.4 Å². The summed E-state index contributed by atoms with van der Waals surface area (Å²) in [5, 5.41) is 36.0. The van der Waals surface area contributed by atoms with Gasteiger partial charge in [-0.15, -0.1) is 0 Å². The third-order valence-corrected chi connectivity index (χ3v) is 19.5. The Morgan fingerprint density at radius 1 is 0.260 bits per heavy atom. The van der Waals surface area contributed by atoms with Crippen LogP contribution in [0.2, 0.25) is 0 Å². The molecule has 3 aromatic heterocycles. The number of nitrogens with zero attached hydrogens (tertiary/aromatic N) is 2. The molecule has 0 unspecified atom stereocenters. The van der Waals surface area contributed by atoms with E-state index in [4.69, 9.17) is 49.3 Å².